The van der Waals surface area contributed by atoms with E-state index in [4.69, 9.17) is 5.26 Å². The topological polar surface area (TPSA) is 47.3 Å². The number of rotatable bonds is 3. The molecular formula is C15H20N2O. The maximum atomic E-state index is 9.82. The fourth-order valence-electron chi connectivity index (χ4n) is 2.68. The Bertz CT molecular complexity index is 419. The first-order valence-corrected chi connectivity index (χ1v) is 6.62. The zero-order valence-electron chi connectivity index (χ0n) is 10.8. The molecule has 1 heterocycles. The second-order valence-electron chi connectivity index (χ2n) is 5.08. The Hall–Kier alpha value is -1.37. The van der Waals surface area contributed by atoms with Gasteiger partial charge in [0.1, 0.15) is 0 Å². The highest BCUT2D eigenvalue weighted by molar-refractivity contribution is 5.31. The fourth-order valence-corrected chi connectivity index (χ4v) is 2.68. The van der Waals surface area contributed by atoms with Gasteiger partial charge in [-0.2, -0.15) is 5.26 Å². The second kappa shape index (κ2) is 5.99. The van der Waals surface area contributed by atoms with Gasteiger partial charge in [-0.15, -0.1) is 0 Å². The molecule has 2 rings (SSSR count). The molecule has 1 aliphatic heterocycles. The lowest BCUT2D eigenvalue weighted by Crippen LogP contribution is -2.45. The summed E-state index contributed by atoms with van der Waals surface area (Å²) in [6, 6.07) is 10.1. The van der Waals surface area contributed by atoms with Crippen LogP contribution in [0.5, 0.6) is 0 Å². The number of nitriles is 1. The van der Waals surface area contributed by atoms with Gasteiger partial charge in [0.05, 0.1) is 17.7 Å². The normalized spacial score (nSPS) is 22.4. The average Bonchev–Trinajstić information content (AvgIpc) is 2.40. The molecule has 1 aliphatic rings. The highest BCUT2D eigenvalue weighted by Crippen LogP contribution is 2.22. The van der Waals surface area contributed by atoms with E-state index in [2.05, 4.69) is 11.0 Å². The first kappa shape index (κ1) is 13.1. The minimum absolute atomic E-state index is 0.273. The van der Waals surface area contributed by atoms with E-state index in [-0.39, 0.29) is 12.1 Å². The van der Waals surface area contributed by atoms with E-state index in [0.717, 1.165) is 19.5 Å². The van der Waals surface area contributed by atoms with Gasteiger partial charge in [0.2, 0.25) is 0 Å². The van der Waals surface area contributed by atoms with Gasteiger partial charge in [-0.1, -0.05) is 18.6 Å². The van der Waals surface area contributed by atoms with Gasteiger partial charge >= 0.3 is 0 Å². The first-order chi connectivity index (χ1) is 8.70. The van der Waals surface area contributed by atoms with Gasteiger partial charge < -0.3 is 5.11 Å². The highest BCUT2D eigenvalue weighted by Gasteiger charge is 2.25. The van der Waals surface area contributed by atoms with Gasteiger partial charge in [0.15, 0.2) is 0 Å². The smallest absolute Gasteiger partial charge is 0.0991 e. The number of nitrogens with zero attached hydrogens (tertiary/aromatic N) is 2. The van der Waals surface area contributed by atoms with E-state index < -0.39 is 0 Å². The molecule has 3 heteroatoms. The van der Waals surface area contributed by atoms with Crippen LogP contribution in [0.3, 0.4) is 0 Å². The lowest BCUT2D eigenvalue weighted by atomic mass is 9.97. The van der Waals surface area contributed by atoms with Gasteiger partial charge in [-0.3, -0.25) is 4.90 Å². The molecule has 1 fully saturated rings. The molecule has 0 radical (unpaired) electrons. The standard InChI is InChI=1S/C15H20N2O/c1-12(18)15-4-2-3-9-17(15)11-14-7-5-13(10-16)6-8-14/h5-8,12,15,18H,2-4,9,11H2,1H3. The number of aliphatic hydroxyl groups is 1. The number of hydrogen-bond donors (Lipinski definition) is 1. The maximum absolute atomic E-state index is 9.82. The van der Waals surface area contributed by atoms with E-state index in [0.29, 0.717) is 5.56 Å². The molecule has 2 unspecified atom stereocenters. The van der Waals surface area contributed by atoms with Crippen molar-refractivity contribution in [2.24, 2.45) is 0 Å². The predicted molar refractivity (Wildman–Crippen MR) is 70.9 cm³/mol. The van der Waals surface area contributed by atoms with E-state index in [9.17, 15) is 5.11 Å². The summed E-state index contributed by atoms with van der Waals surface area (Å²) in [5.41, 5.74) is 1.91. The molecule has 0 saturated carbocycles. The molecule has 0 amide bonds. The van der Waals surface area contributed by atoms with Crippen LogP contribution in [0.2, 0.25) is 0 Å². The van der Waals surface area contributed by atoms with Gasteiger partial charge in [0.25, 0.3) is 0 Å². The molecule has 0 aliphatic carbocycles. The molecule has 2 atom stereocenters. The molecule has 1 aromatic rings. The molecular weight excluding hydrogens is 224 g/mol. The monoisotopic (exact) mass is 244 g/mol. The average molecular weight is 244 g/mol. The minimum atomic E-state index is -0.274. The van der Waals surface area contributed by atoms with Gasteiger partial charge in [-0.25, -0.2) is 0 Å². The Morgan fingerprint density at radius 2 is 2.11 bits per heavy atom. The van der Waals surface area contributed by atoms with Crippen LogP contribution >= 0.6 is 0 Å². The summed E-state index contributed by atoms with van der Waals surface area (Å²) >= 11 is 0. The number of aliphatic hydroxyl groups excluding tert-OH is 1. The third-order valence-electron chi connectivity index (χ3n) is 3.69. The number of hydrogen-bond acceptors (Lipinski definition) is 3. The van der Waals surface area contributed by atoms with E-state index >= 15 is 0 Å². The summed E-state index contributed by atoms with van der Waals surface area (Å²) < 4.78 is 0. The van der Waals surface area contributed by atoms with Gasteiger partial charge in [0, 0.05) is 12.6 Å². The number of piperidine rings is 1. The molecule has 18 heavy (non-hydrogen) atoms. The Morgan fingerprint density at radius 3 is 2.72 bits per heavy atom. The van der Waals surface area contributed by atoms with Crippen LogP contribution in [0.4, 0.5) is 0 Å². The van der Waals surface area contributed by atoms with E-state index in [1.165, 1.54) is 18.4 Å². The Balaban J connectivity index is 2.04. The molecule has 0 bridgehead atoms. The van der Waals surface area contributed by atoms with Crippen molar-refractivity contribution in [2.45, 2.75) is 44.9 Å². The fraction of sp³-hybridized carbons (Fsp3) is 0.533. The van der Waals surface area contributed by atoms with Crippen molar-refractivity contribution in [1.29, 1.82) is 5.26 Å². The van der Waals surface area contributed by atoms with Crippen LogP contribution in [0.25, 0.3) is 0 Å². The van der Waals surface area contributed by atoms with Crippen molar-refractivity contribution in [3.63, 3.8) is 0 Å². The summed E-state index contributed by atoms with van der Waals surface area (Å²) in [5.74, 6) is 0. The molecule has 0 aromatic heterocycles. The molecule has 3 nitrogen and oxygen atoms in total. The van der Waals surface area contributed by atoms with Crippen LogP contribution in [0.15, 0.2) is 24.3 Å². The van der Waals surface area contributed by atoms with Crippen molar-refractivity contribution in [3.8, 4) is 6.07 Å². The van der Waals surface area contributed by atoms with Crippen molar-refractivity contribution >= 4 is 0 Å². The second-order valence-corrected chi connectivity index (χ2v) is 5.08. The Morgan fingerprint density at radius 1 is 1.39 bits per heavy atom. The van der Waals surface area contributed by atoms with Crippen molar-refractivity contribution < 1.29 is 5.11 Å². The zero-order chi connectivity index (χ0) is 13.0. The quantitative estimate of drug-likeness (QED) is 0.887. The molecule has 1 saturated heterocycles. The largest absolute Gasteiger partial charge is 0.392 e. The summed E-state index contributed by atoms with van der Waals surface area (Å²) in [7, 11) is 0. The van der Waals surface area contributed by atoms with Crippen LogP contribution in [0.1, 0.15) is 37.3 Å². The van der Waals surface area contributed by atoms with Crippen LogP contribution in [-0.2, 0) is 6.54 Å². The SMILES string of the molecule is CC(O)C1CCCCN1Cc1ccc(C#N)cc1. The van der Waals surface area contributed by atoms with Crippen molar-refractivity contribution in [2.75, 3.05) is 6.54 Å². The molecule has 1 N–H and O–H groups in total. The van der Waals surface area contributed by atoms with Crippen molar-refractivity contribution in [1.82, 2.24) is 4.90 Å². The lowest BCUT2D eigenvalue weighted by Gasteiger charge is -2.37. The van der Waals surface area contributed by atoms with Gasteiger partial charge in [-0.05, 0) is 44.0 Å². The Kier molecular flexibility index (Phi) is 4.35. The zero-order valence-corrected chi connectivity index (χ0v) is 10.8. The van der Waals surface area contributed by atoms with Crippen molar-refractivity contribution in [3.05, 3.63) is 35.4 Å². The lowest BCUT2D eigenvalue weighted by molar-refractivity contribution is 0.0317. The first-order valence-electron chi connectivity index (χ1n) is 6.62. The number of likely N-dealkylation sites (tertiary alicyclic amines) is 1. The molecule has 1 aromatic carbocycles. The Labute approximate surface area is 109 Å². The van der Waals surface area contributed by atoms with Crippen LogP contribution in [-0.4, -0.2) is 28.7 Å². The predicted octanol–water partition coefficient (Wildman–Crippen LogP) is 2.29. The maximum Gasteiger partial charge on any atom is 0.0991 e. The third kappa shape index (κ3) is 3.10. The van der Waals surface area contributed by atoms with Crippen LogP contribution in [0, 0.1) is 11.3 Å². The van der Waals surface area contributed by atoms with E-state index in [1.54, 1.807) is 0 Å². The summed E-state index contributed by atoms with van der Waals surface area (Å²) in [6.07, 6.45) is 3.22. The highest BCUT2D eigenvalue weighted by atomic mass is 16.3. The van der Waals surface area contributed by atoms with E-state index in [1.807, 2.05) is 31.2 Å². The summed E-state index contributed by atoms with van der Waals surface area (Å²) in [5, 5.41) is 18.6. The number of benzene rings is 1. The molecule has 0 spiro atoms. The minimum Gasteiger partial charge on any atom is -0.392 e. The summed E-state index contributed by atoms with van der Waals surface area (Å²) in [4.78, 5) is 2.36. The third-order valence-corrected chi connectivity index (χ3v) is 3.69. The summed E-state index contributed by atoms with van der Waals surface area (Å²) in [6.45, 7) is 3.79. The molecule has 96 valence electrons. The van der Waals surface area contributed by atoms with Crippen LogP contribution < -0.4 is 0 Å².